The Hall–Kier alpha value is -1.76. The monoisotopic (exact) mass is 386 g/mol. The van der Waals surface area contributed by atoms with Crippen molar-refractivity contribution in [3.8, 4) is 5.69 Å². The number of aryl methyl sites for hydroxylation is 2. The zero-order chi connectivity index (χ0) is 18.0. The quantitative estimate of drug-likeness (QED) is 0.323. The van der Waals surface area contributed by atoms with Crippen molar-refractivity contribution in [2.45, 2.75) is 30.4 Å². The van der Waals surface area contributed by atoms with E-state index in [0.29, 0.717) is 3.95 Å². The second kappa shape index (κ2) is 7.64. The molecule has 0 saturated carbocycles. The van der Waals surface area contributed by atoms with Crippen molar-refractivity contribution < 1.29 is 4.79 Å². The van der Waals surface area contributed by atoms with Crippen molar-refractivity contribution in [1.29, 1.82) is 0 Å². The first-order chi connectivity index (χ1) is 12.0. The molecule has 1 atom stereocenters. The lowest BCUT2D eigenvalue weighted by molar-refractivity contribution is 0.0994. The summed E-state index contributed by atoms with van der Waals surface area (Å²) in [5.74, 6) is 0.112. The van der Waals surface area contributed by atoms with E-state index in [4.69, 9.17) is 12.2 Å². The van der Waals surface area contributed by atoms with Gasteiger partial charge in [-0.3, -0.25) is 4.79 Å². The van der Waals surface area contributed by atoms with E-state index in [0.717, 1.165) is 21.2 Å². The van der Waals surface area contributed by atoms with Gasteiger partial charge in [0.25, 0.3) is 0 Å². The minimum atomic E-state index is -0.216. The molecule has 3 rings (SSSR count). The van der Waals surface area contributed by atoms with Crippen molar-refractivity contribution in [3.63, 3.8) is 0 Å². The summed E-state index contributed by atoms with van der Waals surface area (Å²) >= 11 is 8.31. The van der Waals surface area contributed by atoms with E-state index >= 15 is 0 Å². The number of carbonyl (C=O) groups excluding carboxylic acids is 1. The van der Waals surface area contributed by atoms with Gasteiger partial charge >= 0.3 is 0 Å². The zero-order valence-corrected chi connectivity index (χ0v) is 16.7. The molecule has 0 N–H and O–H groups in total. The van der Waals surface area contributed by atoms with Crippen LogP contribution in [-0.2, 0) is 0 Å². The number of hydrogen-bond donors (Lipinski definition) is 0. The maximum Gasteiger partial charge on any atom is 0.184 e. The van der Waals surface area contributed by atoms with Crippen LogP contribution in [-0.4, -0.2) is 20.8 Å². The van der Waals surface area contributed by atoms with E-state index in [1.54, 1.807) is 4.68 Å². The van der Waals surface area contributed by atoms with Crippen LogP contribution in [0.2, 0.25) is 0 Å². The SMILES string of the molecule is Cc1ccc(C(=O)[C@H](C)Sc2nn(-c3ccccc3)c(=S)s2)cc1C. The summed E-state index contributed by atoms with van der Waals surface area (Å²) in [4.78, 5) is 12.7. The Morgan fingerprint density at radius 1 is 1.16 bits per heavy atom. The summed E-state index contributed by atoms with van der Waals surface area (Å²) in [5, 5.41) is 4.35. The van der Waals surface area contributed by atoms with Crippen LogP contribution >= 0.6 is 35.3 Å². The molecule has 0 aliphatic heterocycles. The minimum absolute atomic E-state index is 0.112. The van der Waals surface area contributed by atoms with E-state index in [-0.39, 0.29) is 11.0 Å². The summed E-state index contributed by atoms with van der Waals surface area (Å²) in [6.45, 7) is 5.99. The van der Waals surface area contributed by atoms with Gasteiger partial charge in [0.15, 0.2) is 14.1 Å². The fraction of sp³-hybridized carbons (Fsp3) is 0.211. The summed E-state index contributed by atoms with van der Waals surface area (Å²) in [5.41, 5.74) is 4.00. The Bertz CT molecular complexity index is 960. The molecule has 3 aromatic rings. The third-order valence-corrected chi connectivity index (χ3v) is 6.38. The smallest absolute Gasteiger partial charge is 0.184 e. The highest BCUT2D eigenvalue weighted by molar-refractivity contribution is 8.02. The molecule has 2 aromatic carbocycles. The number of para-hydroxylation sites is 1. The Labute approximate surface area is 160 Å². The Morgan fingerprint density at radius 3 is 2.56 bits per heavy atom. The molecule has 0 amide bonds. The van der Waals surface area contributed by atoms with Crippen molar-refractivity contribution in [1.82, 2.24) is 9.78 Å². The third-order valence-electron chi connectivity index (χ3n) is 3.97. The molecule has 0 unspecified atom stereocenters. The number of carbonyl (C=O) groups is 1. The molecular formula is C19H18N2OS3. The molecule has 1 heterocycles. The Morgan fingerprint density at radius 2 is 1.88 bits per heavy atom. The second-order valence-electron chi connectivity index (χ2n) is 5.80. The van der Waals surface area contributed by atoms with Crippen molar-refractivity contribution in [2.24, 2.45) is 0 Å². The first-order valence-electron chi connectivity index (χ1n) is 7.89. The lowest BCUT2D eigenvalue weighted by Gasteiger charge is -2.09. The van der Waals surface area contributed by atoms with E-state index in [1.807, 2.05) is 69.3 Å². The van der Waals surface area contributed by atoms with Crippen LogP contribution in [0.1, 0.15) is 28.4 Å². The average molecular weight is 387 g/mol. The van der Waals surface area contributed by atoms with Crippen LogP contribution in [0.25, 0.3) is 5.69 Å². The van der Waals surface area contributed by atoms with Crippen LogP contribution in [0.3, 0.4) is 0 Å². The lowest BCUT2D eigenvalue weighted by atomic mass is 10.0. The Kier molecular flexibility index (Phi) is 5.51. The normalized spacial score (nSPS) is 12.1. The van der Waals surface area contributed by atoms with Gasteiger partial charge in [0.1, 0.15) is 0 Å². The number of ketones is 1. The molecule has 0 bridgehead atoms. The number of benzene rings is 2. The molecule has 128 valence electrons. The van der Waals surface area contributed by atoms with Crippen LogP contribution in [0.4, 0.5) is 0 Å². The molecular weight excluding hydrogens is 368 g/mol. The van der Waals surface area contributed by atoms with Gasteiger partial charge in [-0.2, -0.15) is 0 Å². The van der Waals surface area contributed by atoms with Gasteiger partial charge in [-0.25, -0.2) is 4.68 Å². The molecule has 6 heteroatoms. The Balaban J connectivity index is 1.79. The summed E-state index contributed by atoms with van der Waals surface area (Å²) in [6, 6.07) is 15.6. The number of Topliss-reactive ketones (excluding diaryl/α,β-unsaturated/α-hetero) is 1. The molecule has 0 fully saturated rings. The number of rotatable bonds is 5. The largest absolute Gasteiger partial charge is 0.293 e. The van der Waals surface area contributed by atoms with Crippen LogP contribution in [0.15, 0.2) is 52.9 Å². The van der Waals surface area contributed by atoms with Gasteiger partial charge in [-0.1, -0.05) is 53.4 Å². The van der Waals surface area contributed by atoms with Gasteiger partial charge < -0.3 is 0 Å². The number of thioether (sulfide) groups is 1. The first-order valence-corrected chi connectivity index (χ1v) is 10.00. The molecule has 0 spiro atoms. The van der Waals surface area contributed by atoms with E-state index in [2.05, 4.69) is 5.10 Å². The van der Waals surface area contributed by atoms with E-state index in [9.17, 15) is 4.79 Å². The molecule has 0 aliphatic rings. The van der Waals surface area contributed by atoms with Crippen molar-refractivity contribution >= 4 is 41.1 Å². The zero-order valence-electron chi connectivity index (χ0n) is 14.2. The van der Waals surface area contributed by atoms with Gasteiger partial charge in [-0.15, -0.1) is 5.10 Å². The summed E-state index contributed by atoms with van der Waals surface area (Å²) in [7, 11) is 0. The number of aromatic nitrogens is 2. The second-order valence-corrected chi connectivity index (χ2v) is 9.02. The molecule has 0 radical (unpaired) electrons. The topological polar surface area (TPSA) is 34.9 Å². The van der Waals surface area contributed by atoms with Crippen molar-refractivity contribution in [3.05, 3.63) is 69.2 Å². The first kappa shape index (κ1) is 18.0. The lowest BCUT2D eigenvalue weighted by Crippen LogP contribution is -2.13. The molecule has 25 heavy (non-hydrogen) atoms. The predicted octanol–water partition coefficient (Wildman–Crippen LogP) is 5.64. The van der Waals surface area contributed by atoms with Gasteiger partial charge in [0.05, 0.1) is 10.9 Å². The van der Waals surface area contributed by atoms with E-state index in [1.165, 1.54) is 28.7 Å². The number of nitrogens with zero attached hydrogens (tertiary/aromatic N) is 2. The maximum absolute atomic E-state index is 12.7. The highest BCUT2D eigenvalue weighted by Gasteiger charge is 2.19. The van der Waals surface area contributed by atoms with Crippen LogP contribution < -0.4 is 0 Å². The highest BCUT2D eigenvalue weighted by atomic mass is 32.2. The standard InChI is InChI=1S/C19H18N2OS3/c1-12-9-10-15(11-13(12)2)17(22)14(3)24-18-20-21(19(23)25-18)16-7-5-4-6-8-16/h4-11,14H,1-3H3/t14-/m0/s1. The van der Waals surface area contributed by atoms with E-state index < -0.39 is 0 Å². The highest BCUT2D eigenvalue weighted by Crippen LogP contribution is 2.29. The minimum Gasteiger partial charge on any atom is -0.293 e. The van der Waals surface area contributed by atoms with Crippen molar-refractivity contribution in [2.75, 3.05) is 0 Å². The maximum atomic E-state index is 12.7. The van der Waals surface area contributed by atoms with Crippen LogP contribution in [0.5, 0.6) is 0 Å². The summed E-state index contributed by atoms with van der Waals surface area (Å²) < 4.78 is 3.23. The van der Waals surface area contributed by atoms with Crippen LogP contribution in [0, 0.1) is 17.8 Å². The number of hydrogen-bond acceptors (Lipinski definition) is 5. The molecule has 1 aromatic heterocycles. The summed E-state index contributed by atoms with van der Waals surface area (Å²) in [6.07, 6.45) is 0. The molecule has 0 saturated heterocycles. The van der Waals surface area contributed by atoms with Gasteiger partial charge in [0.2, 0.25) is 0 Å². The van der Waals surface area contributed by atoms with Gasteiger partial charge in [-0.05, 0) is 62.3 Å². The molecule has 3 nitrogen and oxygen atoms in total. The predicted molar refractivity (Wildman–Crippen MR) is 108 cm³/mol. The fourth-order valence-electron chi connectivity index (χ4n) is 2.37. The van der Waals surface area contributed by atoms with Gasteiger partial charge in [0, 0.05) is 5.56 Å². The fourth-order valence-corrected chi connectivity index (χ4v) is 4.96. The molecule has 0 aliphatic carbocycles. The third kappa shape index (κ3) is 4.08. The average Bonchev–Trinajstić information content (AvgIpc) is 2.97.